The number of halogens is 1. The lowest BCUT2D eigenvalue weighted by Crippen LogP contribution is -2.07. The van der Waals surface area contributed by atoms with Crippen molar-refractivity contribution in [2.75, 3.05) is 5.32 Å². The molecule has 0 spiro atoms. The van der Waals surface area contributed by atoms with E-state index in [-0.39, 0.29) is 6.04 Å². The van der Waals surface area contributed by atoms with Crippen molar-refractivity contribution < 1.29 is 0 Å². The quantitative estimate of drug-likeness (QED) is 0.842. The van der Waals surface area contributed by atoms with E-state index in [1.807, 2.05) is 31.3 Å². The number of rotatable bonds is 3. The van der Waals surface area contributed by atoms with Crippen LogP contribution < -0.4 is 5.32 Å². The van der Waals surface area contributed by atoms with Crippen LogP contribution in [0.1, 0.15) is 24.1 Å². The van der Waals surface area contributed by atoms with E-state index in [2.05, 4.69) is 22.2 Å². The summed E-state index contributed by atoms with van der Waals surface area (Å²) in [5.41, 5.74) is 3.07. The third kappa shape index (κ3) is 2.94. The Bertz CT molecular complexity index is 499. The molecule has 1 N–H and O–H groups in total. The SMILES string of the molecule is Cc1cc(NC(C)c2cccnc2)cnc1Cl. The van der Waals surface area contributed by atoms with Crippen LogP contribution in [-0.4, -0.2) is 9.97 Å². The average molecular weight is 248 g/mol. The van der Waals surface area contributed by atoms with E-state index >= 15 is 0 Å². The Morgan fingerprint density at radius 3 is 2.82 bits per heavy atom. The molecule has 0 aliphatic carbocycles. The van der Waals surface area contributed by atoms with Crippen molar-refractivity contribution in [1.29, 1.82) is 0 Å². The van der Waals surface area contributed by atoms with E-state index in [9.17, 15) is 0 Å². The maximum Gasteiger partial charge on any atom is 0.132 e. The standard InChI is InChI=1S/C13H14ClN3/c1-9-6-12(8-16-13(9)14)17-10(2)11-4-3-5-15-7-11/h3-8,10,17H,1-2H3. The van der Waals surface area contributed by atoms with Crippen LogP contribution in [0.5, 0.6) is 0 Å². The zero-order valence-electron chi connectivity index (χ0n) is 9.81. The number of pyridine rings is 2. The summed E-state index contributed by atoms with van der Waals surface area (Å²) in [5, 5.41) is 3.91. The van der Waals surface area contributed by atoms with E-state index in [0.29, 0.717) is 5.15 Å². The van der Waals surface area contributed by atoms with E-state index in [1.165, 1.54) is 0 Å². The Morgan fingerprint density at radius 2 is 2.18 bits per heavy atom. The summed E-state index contributed by atoms with van der Waals surface area (Å²) in [5.74, 6) is 0. The van der Waals surface area contributed by atoms with E-state index in [1.54, 1.807) is 12.4 Å². The number of nitrogens with one attached hydrogen (secondary N) is 1. The summed E-state index contributed by atoms with van der Waals surface area (Å²) < 4.78 is 0. The van der Waals surface area contributed by atoms with Gasteiger partial charge in [0.2, 0.25) is 0 Å². The first-order valence-electron chi connectivity index (χ1n) is 5.45. The number of hydrogen-bond donors (Lipinski definition) is 1. The lowest BCUT2D eigenvalue weighted by Gasteiger charge is -2.15. The fourth-order valence-electron chi connectivity index (χ4n) is 1.60. The molecule has 0 radical (unpaired) electrons. The minimum Gasteiger partial charge on any atom is -0.377 e. The molecule has 0 amide bonds. The Kier molecular flexibility index (Phi) is 3.59. The Morgan fingerprint density at radius 1 is 1.35 bits per heavy atom. The topological polar surface area (TPSA) is 37.8 Å². The zero-order chi connectivity index (χ0) is 12.3. The van der Waals surface area contributed by atoms with Crippen LogP contribution in [0.3, 0.4) is 0 Å². The first kappa shape index (κ1) is 11.9. The molecule has 2 rings (SSSR count). The smallest absolute Gasteiger partial charge is 0.132 e. The molecule has 0 fully saturated rings. The maximum atomic E-state index is 5.89. The van der Waals surface area contributed by atoms with Gasteiger partial charge in [0.15, 0.2) is 0 Å². The minimum absolute atomic E-state index is 0.186. The third-order valence-corrected chi connectivity index (χ3v) is 2.98. The number of aromatic nitrogens is 2. The second kappa shape index (κ2) is 5.15. The van der Waals surface area contributed by atoms with Crippen molar-refractivity contribution in [1.82, 2.24) is 9.97 Å². The van der Waals surface area contributed by atoms with Crippen LogP contribution in [0, 0.1) is 6.92 Å². The molecule has 0 aliphatic rings. The van der Waals surface area contributed by atoms with Gasteiger partial charge in [0.1, 0.15) is 5.15 Å². The zero-order valence-corrected chi connectivity index (χ0v) is 10.6. The Balaban J connectivity index is 2.13. The molecule has 2 aromatic heterocycles. The van der Waals surface area contributed by atoms with E-state index in [4.69, 9.17) is 11.6 Å². The van der Waals surface area contributed by atoms with Gasteiger partial charge in [0.05, 0.1) is 17.9 Å². The van der Waals surface area contributed by atoms with Gasteiger partial charge in [0, 0.05) is 12.4 Å². The largest absolute Gasteiger partial charge is 0.377 e. The predicted molar refractivity (Wildman–Crippen MR) is 70.3 cm³/mol. The molecule has 0 aliphatic heterocycles. The Labute approximate surface area is 106 Å². The number of aryl methyl sites for hydroxylation is 1. The second-order valence-corrected chi connectivity index (χ2v) is 4.34. The van der Waals surface area contributed by atoms with Gasteiger partial charge < -0.3 is 5.32 Å². The van der Waals surface area contributed by atoms with Crippen molar-refractivity contribution in [2.24, 2.45) is 0 Å². The van der Waals surface area contributed by atoms with E-state index < -0.39 is 0 Å². The molecule has 2 aromatic rings. The first-order chi connectivity index (χ1) is 8.16. The van der Waals surface area contributed by atoms with Crippen LogP contribution >= 0.6 is 11.6 Å². The predicted octanol–water partition coefficient (Wildman–Crippen LogP) is 3.61. The van der Waals surface area contributed by atoms with Crippen molar-refractivity contribution >= 4 is 17.3 Å². The lowest BCUT2D eigenvalue weighted by molar-refractivity contribution is 0.873. The highest BCUT2D eigenvalue weighted by atomic mass is 35.5. The summed E-state index contributed by atoms with van der Waals surface area (Å²) in [6.07, 6.45) is 5.36. The minimum atomic E-state index is 0.186. The van der Waals surface area contributed by atoms with Crippen LogP contribution in [0.2, 0.25) is 5.15 Å². The molecule has 0 bridgehead atoms. The summed E-state index contributed by atoms with van der Waals surface area (Å²) in [7, 11) is 0. The van der Waals surface area contributed by atoms with Gasteiger partial charge in [-0.25, -0.2) is 4.98 Å². The fourth-order valence-corrected chi connectivity index (χ4v) is 1.71. The summed E-state index contributed by atoms with van der Waals surface area (Å²) in [6.45, 7) is 4.02. The van der Waals surface area contributed by atoms with Gasteiger partial charge in [0.25, 0.3) is 0 Å². The van der Waals surface area contributed by atoms with Crippen LogP contribution in [0.25, 0.3) is 0 Å². The van der Waals surface area contributed by atoms with E-state index in [0.717, 1.165) is 16.8 Å². The molecule has 1 unspecified atom stereocenters. The van der Waals surface area contributed by atoms with Crippen LogP contribution in [0.15, 0.2) is 36.8 Å². The van der Waals surface area contributed by atoms with Gasteiger partial charge in [-0.1, -0.05) is 17.7 Å². The summed E-state index contributed by atoms with van der Waals surface area (Å²) in [6, 6.07) is 6.15. The highest BCUT2D eigenvalue weighted by Gasteiger charge is 2.06. The van der Waals surface area contributed by atoms with Crippen molar-refractivity contribution in [3.05, 3.63) is 53.1 Å². The molecule has 0 aromatic carbocycles. The van der Waals surface area contributed by atoms with Gasteiger partial charge in [-0.05, 0) is 37.1 Å². The monoisotopic (exact) mass is 247 g/mol. The molecule has 3 nitrogen and oxygen atoms in total. The fraction of sp³-hybridized carbons (Fsp3) is 0.231. The van der Waals surface area contributed by atoms with Gasteiger partial charge in [-0.3, -0.25) is 4.98 Å². The molecule has 88 valence electrons. The highest BCUT2D eigenvalue weighted by molar-refractivity contribution is 6.30. The maximum absolute atomic E-state index is 5.89. The van der Waals surface area contributed by atoms with Gasteiger partial charge in [-0.2, -0.15) is 0 Å². The number of nitrogens with zero attached hydrogens (tertiary/aromatic N) is 2. The second-order valence-electron chi connectivity index (χ2n) is 3.98. The highest BCUT2D eigenvalue weighted by Crippen LogP contribution is 2.21. The van der Waals surface area contributed by atoms with Gasteiger partial charge >= 0.3 is 0 Å². The normalized spacial score (nSPS) is 12.2. The van der Waals surface area contributed by atoms with Crippen molar-refractivity contribution in [3.63, 3.8) is 0 Å². The molecular formula is C13H14ClN3. The van der Waals surface area contributed by atoms with Crippen LogP contribution in [0.4, 0.5) is 5.69 Å². The summed E-state index contributed by atoms with van der Waals surface area (Å²) >= 11 is 5.89. The Hall–Kier alpha value is -1.61. The molecule has 0 saturated heterocycles. The molecular weight excluding hydrogens is 234 g/mol. The molecule has 1 atom stereocenters. The molecule has 0 saturated carbocycles. The summed E-state index contributed by atoms with van der Waals surface area (Å²) in [4.78, 5) is 8.21. The van der Waals surface area contributed by atoms with Crippen molar-refractivity contribution in [2.45, 2.75) is 19.9 Å². The molecule has 17 heavy (non-hydrogen) atoms. The number of hydrogen-bond acceptors (Lipinski definition) is 3. The van der Waals surface area contributed by atoms with Crippen LogP contribution in [-0.2, 0) is 0 Å². The molecule has 2 heterocycles. The average Bonchev–Trinajstić information content (AvgIpc) is 2.35. The third-order valence-electron chi connectivity index (χ3n) is 2.58. The molecule has 4 heteroatoms. The lowest BCUT2D eigenvalue weighted by atomic mass is 10.1. The first-order valence-corrected chi connectivity index (χ1v) is 5.83. The number of anilines is 1. The van der Waals surface area contributed by atoms with Gasteiger partial charge in [-0.15, -0.1) is 0 Å². The van der Waals surface area contributed by atoms with Crippen molar-refractivity contribution in [3.8, 4) is 0 Å².